The van der Waals surface area contributed by atoms with Gasteiger partial charge in [-0.05, 0) is 23.6 Å². The Balaban J connectivity index is 1.83. The number of amides is 1. The lowest BCUT2D eigenvalue weighted by atomic mass is 10.1. The number of rotatable bonds is 5. The number of aromatic nitrogens is 1. The largest absolute Gasteiger partial charge is 0.392 e. The summed E-state index contributed by atoms with van der Waals surface area (Å²) >= 11 is 0. The molecule has 1 aromatic heterocycles. The third kappa shape index (κ3) is 4.19. The second-order valence-electron chi connectivity index (χ2n) is 4.24. The van der Waals surface area contributed by atoms with E-state index < -0.39 is 0 Å². The summed E-state index contributed by atoms with van der Waals surface area (Å²) in [6.45, 7) is -0.0464. The molecule has 0 bridgehead atoms. The number of hydrogen-bond acceptors (Lipinski definition) is 3. The van der Waals surface area contributed by atoms with Crippen LogP contribution in [0.2, 0.25) is 0 Å². The summed E-state index contributed by atoms with van der Waals surface area (Å²) in [5.74, 6) is 0.448. The minimum Gasteiger partial charge on any atom is -0.392 e. The van der Waals surface area contributed by atoms with Gasteiger partial charge >= 0.3 is 0 Å². The molecule has 19 heavy (non-hydrogen) atoms. The Bertz CT molecular complexity index is 524. The van der Waals surface area contributed by atoms with Crippen molar-refractivity contribution in [2.45, 2.75) is 19.4 Å². The van der Waals surface area contributed by atoms with Gasteiger partial charge < -0.3 is 10.4 Å². The minimum atomic E-state index is -0.0619. The van der Waals surface area contributed by atoms with E-state index in [9.17, 15) is 4.79 Å². The molecule has 1 aromatic carbocycles. The van der Waals surface area contributed by atoms with Crippen molar-refractivity contribution in [3.8, 4) is 0 Å². The quantitative estimate of drug-likeness (QED) is 0.861. The molecule has 2 N–H and O–H groups in total. The zero-order valence-corrected chi connectivity index (χ0v) is 10.5. The molecule has 2 aromatic rings. The minimum absolute atomic E-state index is 0.0464. The summed E-state index contributed by atoms with van der Waals surface area (Å²) in [6.07, 6.45) is 2.68. The van der Waals surface area contributed by atoms with Gasteiger partial charge in [0.15, 0.2) is 0 Å². The monoisotopic (exact) mass is 256 g/mol. The number of aryl methyl sites for hydroxylation is 1. The first-order chi connectivity index (χ1) is 9.28. The van der Waals surface area contributed by atoms with Crippen molar-refractivity contribution in [1.29, 1.82) is 0 Å². The third-order valence-electron chi connectivity index (χ3n) is 2.76. The van der Waals surface area contributed by atoms with E-state index in [0.29, 0.717) is 18.7 Å². The first kappa shape index (κ1) is 13.2. The number of anilines is 1. The van der Waals surface area contributed by atoms with Gasteiger partial charge in [0.05, 0.1) is 6.61 Å². The van der Waals surface area contributed by atoms with Crippen LogP contribution in [0.15, 0.2) is 48.7 Å². The molecule has 0 saturated heterocycles. The van der Waals surface area contributed by atoms with Gasteiger partial charge in [0.2, 0.25) is 5.91 Å². The summed E-state index contributed by atoms with van der Waals surface area (Å²) < 4.78 is 0. The average molecular weight is 256 g/mol. The average Bonchev–Trinajstić information content (AvgIpc) is 2.47. The van der Waals surface area contributed by atoms with Gasteiger partial charge in [0, 0.05) is 12.6 Å². The van der Waals surface area contributed by atoms with E-state index in [0.717, 1.165) is 11.1 Å². The predicted octanol–water partition coefficient (Wildman–Crippen LogP) is 2.15. The maximum atomic E-state index is 11.7. The van der Waals surface area contributed by atoms with E-state index in [1.54, 1.807) is 18.3 Å². The van der Waals surface area contributed by atoms with E-state index in [1.807, 2.05) is 30.3 Å². The van der Waals surface area contributed by atoms with Crippen molar-refractivity contribution in [3.63, 3.8) is 0 Å². The molecule has 0 radical (unpaired) electrons. The number of carbonyl (C=O) groups is 1. The van der Waals surface area contributed by atoms with Crippen LogP contribution in [-0.2, 0) is 17.8 Å². The van der Waals surface area contributed by atoms with Gasteiger partial charge in [-0.1, -0.05) is 36.4 Å². The van der Waals surface area contributed by atoms with E-state index in [-0.39, 0.29) is 12.5 Å². The fraction of sp³-hybridized carbons (Fsp3) is 0.200. The Morgan fingerprint density at radius 1 is 1.11 bits per heavy atom. The van der Waals surface area contributed by atoms with Crippen molar-refractivity contribution >= 4 is 11.7 Å². The van der Waals surface area contributed by atoms with E-state index >= 15 is 0 Å². The van der Waals surface area contributed by atoms with Gasteiger partial charge in [-0.25, -0.2) is 4.98 Å². The van der Waals surface area contributed by atoms with Crippen LogP contribution < -0.4 is 5.32 Å². The fourth-order valence-corrected chi connectivity index (χ4v) is 1.70. The van der Waals surface area contributed by atoms with E-state index in [4.69, 9.17) is 5.11 Å². The number of benzene rings is 1. The normalized spacial score (nSPS) is 10.2. The van der Waals surface area contributed by atoms with Crippen LogP contribution in [0.4, 0.5) is 5.82 Å². The molecule has 2 rings (SSSR count). The molecule has 4 heteroatoms. The molecular formula is C15H16N2O2. The van der Waals surface area contributed by atoms with Gasteiger partial charge in [0.1, 0.15) is 5.82 Å². The molecule has 0 saturated carbocycles. The molecule has 0 aliphatic rings. The van der Waals surface area contributed by atoms with Crippen molar-refractivity contribution in [1.82, 2.24) is 4.98 Å². The Kier molecular flexibility index (Phi) is 4.64. The highest BCUT2D eigenvalue weighted by atomic mass is 16.3. The smallest absolute Gasteiger partial charge is 0.225 e. The highest BCUT2D eigenvalue weighted by molar-refractivity contribution is 5.89. The number of pyridine rings is 1. The van der Waals surface area contributed by atoms with Gasteiger partial charge in [0.25, 0.3) is 0 Å². The maximum absolute atomic E-state index is 11.7. The topological polar surface area (TPSA) is 62.2 Å². The summed E-state index contributed by atoms with van der Waals surface area (Å²) in [5, 5.41) is 11.6. The van der Waals surface area contributed by atoms with Gasteiger partial charge in [-0.3, -0.25) is 4.79 Å². The molecule has 1 heterocycles. The standard InChI is InChI=1S/C15H16N2O2/c18-11-13-6-8-14(16-10-13)17-15(19)9-7-12-4-2-1-3-5-12/h1-6,8,10,18H,7,9,11H2,(H,16,17,19). The number of hydrogen-bond donors (Lipinski definition) is 2. The lowest BCUT2D eigenvalue weighted by Gasteiger charge is -2.05. The lowest BCUT2D eigenvalue weighted by Crippen LogP contribution is -2.13. The van der Waals surface area contributed by atoms with Crippen LogP contribution in [0.3, 0.4) is 0 Å². The van der Waals surface area contributed by atoms with Crippen LogP contribution in [0.25, 0.3) is 0 Å². The molecule has 4 nitrogen and oxygen atoms in total. The zero-order chi connectivity index (χ0) is 13.5. The summed E-state index contributed by atoms with van der Waals surface area (Å²) in [5.41, 5.74) is 1.86. The van der Waals surface area contributed by atoms with Crippen LogP contribution in [-0.4, -0.2) is 16.0 Å². The Labute approximate surface area is 112 Å². The Hall–Kier alpha value is -2.20. The second kappa shape index (κ2) is 6.66. The van der Waals surface area contributed by atoms with Crippen LogP contribution in [0.5, 0.6) is 0 Å². The molecule has 0 unspecified atom stereocenters. The first-order valence-electron chi connectivity index (χ1n) is 6.17. The number of nitrogens with zero attached hydrogens (tertiary/aromatic N) is 1. The van der Waals surface area contributed by atoms with Crippen LogP contribution in [0, 0.1) is 0 Å². The molecule has 0 atom stereocenters. The van der Waals surface area contributed by atoms with E-state index in [2.05, 4.69) is 10.3 Å². The lowest BCUT2D eigenvalue weighted by molar-refractivity contribution is -0.116. The molecule has 98 valence electrons. The van der Waals surface area contributed by atoms with Crippen molar-refractivity contribution in [2.75, 3.05) is 5.32 Å². The predicted molar refractivity (Wildman–Crippen MR) is 73.6 cm³/mol. The number of aliphatic hydroxyl groups excluding tert-OH is 1. The summed E-state index contributed by atoms with van der Waals surface area (Å²) in [4.78, 5) is 15.8. The van der Waals surface area contributed by atoms with Gasteiger partial charge in [-0.2, -0.15) is 0 Å². The van der Waals surface area contributed by atoms with E-state index in [1.165, 1.54) is 0 Å². The van der Waals surface area contributed by atoms with Crippen molar-refractivity contribution in [2.24, 2.45) is 0 Å². The molecule has 0 fully saturated rings. The highest BCUT2D eigenvalue weighted by Gasteiger charge is 2.03. The number of nitrogens with one attached hydrogen (secondary N) is 1. The first-order valence-corrected chi connectivity index (χ1v) is 6.17. The highest BCUT2D eigenvalue weighted by Crippen LogP contribution is 2.07. The second-order valence-corrected chi connectivity index (χ2v) is 4.24. The summed E-state index contributed by atoms with van der Waals surface area (Å²) in [6, 6.07) is 13.3. The molecule has 0 spiro atoms. The number of carbonyl (C=O) groups excluding carboxylic acids is 1. The fourth-order valence-electron chi connectivity index (χ4n) is 1.70. The van der Waals surface area contributed by atoms with Crippen LogP contribution >= 0.6 is 0 Å². The van der Waals surface area contributed by atoms with Crippen molar-refractivity contribution < 1.29 is 9.90 Å². The van der Waals surface area contributed by atoms with Crippen molar-refractivity contribution in [3.05, 3.63) is 59.8 Å². The van der Waals surface area contributed by atoms with Gasteiger partial charge in [-0.15, -0.1) is 0 Å². The number of aliphatic hydroxyl groups is 1. The maximum Gasteiger partial charge on any atom is 0.225 e. The molecule has 1 amide bonds. The van der Waals surface area contributed by atoms with Crippen LogP contribution in [0.1, 0.15) is 17.5 Å². The molecular weight excluding hydrogens is 240 g/mol. The SMILES string of the molecule is O=C(CCc1ccccc1)Nc1ccc(CO)cn1. The third-order valence-corrected chi connectivity index (χ3v) is 2.76. The molecule has 0 aliphatic heterocycles. The Morgan fingerprint density at radius 3 is 2.53 bits per heavy atom. The molecule has 0 aliphatic carbocycles. The zero-order valence-electron chi connectivity index (χ0n) is 10.5. The Morgan fingerprint density at radius 2 is 1.89 bits per heavy atom. The summed E-state index contributed by atoms with van der Waals surface area (Å²) in [7, 11) is 0.